The van der Waals surface area contributed by atoms with Crippen molar-refractivity contribution in [2.45, 2.75) is 39.7 Å². The normalized spacial score (nSPS) is 17.2. The molecule has 0 saturated heterocycles. The van der Waals surface area contributed by atoms with E-state index in [0.717, 1.165) is 0 Å². The molecule has 0 radical (unpaired) electrons. The number of carboxylic acids is 1. The van der Waals surface area contributed by atoms with E-state index in [1.54, 1.807) is 52.0 Å². The standard InChI is InChI=1S/C19H20N2O4/c1-10(2)25-19(24)16-12(4)21-11(3)15(18(22)23)17(16)14-7-5-13(9-20)6-8-14/h5-8,10,17,21H,1-4H3,(H,22,23). The molecule has 1 aromatic carbocycles. The van der Waals surface area contributed by atoms with E-state index in [-0.39, 0.29) is 17.3 Å². The maximum Gasteiger partial charge on any atom is 0.337 e. The van der Waals surface area contributed by atoms with E-state index in [4.69, 9.17) is 10.00 Å². The number of allylic oxidation sites excluding steroid dienone is 2. The number of nitrogens with zero attached hydrogens (tertiary/aromatic N) is 1. The van der Waals surface area contributed by atoms with Crippen molar-refractivity contribution in [2.75, 3.05) is 0 Å². The lowest BCUT2D eigenvalue weighted by molar-refractivity contribution is -0.143. The van der Waals surface area contributed by atoms with E-state index in [9.17, 15) is 14.7 Å². The van der Waals surface area contributed by atoms with Crippen molar-refractivity contribution in [3.8, 4) is 6.07 Å². The SMILES string of the molecule is CC1=C(C(=O)O)C(c2ccc(C#N)cc2)C(C(=O)OC(C)C)=C(C)N1. The van der Waals surface area contributed by atoms with Crippen molar-refractivity contribution < 1.29 is 19.4 Å². The molecular weight excluding hydrogens is 320 g/mol. The highest BCUT2D eigenvalue weighted by Gasteiger charge is 2.37. The Morgan fingerprint density at radius 1 is 1.16 bits per heavy atom. The summed E-state index contributed by atoms with van der Waals surface area (Å²) in [6.45, 7) is 6.85. The summed E-state index contributed by atoms with van der Waals surface area (Å²) in [5.41, 5.74) is 2.46. The van der Waals surface area contributed by atoms with E-state index in [1.807, 2.05) is 6.07 Å². The molecule has 0 amide bonds. The largest absolute Gasteiger partial charge is 0.478 e. The summed E-state index contributed by atoms with van der Waals surface area (Å²) in [5, 5.41) is 21.6. The second-order valence-electron chi connectivity index (χ2n) is 6.13. The second kappa shape index (κ2) is 7.22. The monoisotopic (exact) mass is 340 g/mol. The topological polar surface area (TPSA) is 99.4 Å². The third-order valence-corrected chi connectivity index (χ3v) is 3.93. The zero-order chi connectivity index (χ0) is 18.7. The fourth-order valence-electron chi connectivity index (χ4n) is 2.91. The average molecular weight is 340 g/mol. The zero-order valence-electron chi connectivity index (χ0n) is 14.6. The summed E-state index contributed by atoms with van der Waals surface area (Å²) in [4.78, 5) is 24.5. The first-order valence-electron chi connectivity index (χ1n) is 7.89. The van der Waals surface area contributed by atoms with Gasteiger partial charge >= 0.3 is 11.9 Å². The van der Waals surface area contributed by atoms with E-state index in [2.05, 4.69) is 5.32 Å². The fourth-order valence-corrected chi connectivity index (χ4v) is 2.91. The molecule has 25 heavy (non-hydrogen) atoms. The van der Waals surface area contributed by atoms with E-state index >= 15 is 0 Å². The van der Waals surface area contributed by atoms with E-state index in [1.165, 1.54) is 0 Å². The number of benzene rings is 1. The number of rotatable bonds is 4. The van der Waals surface area contributed by atoms with Crippen LogP contribution in [0.4, 0.5) is 0 Å². The third-order valence-electron chi connectivity index (χ3n) is 3.93. The molecule has 0 saturated carbocycles. The number of ether oxygens (including phenoxy) is 1. The number of carbonyl (C=O) groups excluding carboxylic acids is 1. The van der Waals surface area contributed by atoms with Gasteiger partial charge in [0.05, 0.1) is 34.8 Å². The number of hydrogen-bond acceptors (Lipinski definition) is 5. The van der Waals surface area contributed by atoms with Gasteiger partial charge in [-0.2, -0.15) is 5.26 Å². The number of dihydropyridines is 1. The van der Waals surface area contributed by atoms with Crippen LogP contribution in [-0.2, 0) is 14.3 Å². The first-order valence-corrected chi connectivity index (χ1v) is 7.89. The molecule has 1 heterocycles. The number of carboxylic acid groups (broad SMARTS) is 1. The Morgan fingerprint density at radius 2 is 1.72 bits per heavy atom. The van der Waals surface area contributed by atoms with Gasteiger partial charge in [-0.1, -0.05) is 12.1 Å². The van der Waals surface area contributed by atoms with Crippen LogP contribution in [0.3, 0.4) is 0 Å². The molecule has 0 spiro atoms. The Kier molecular flexibility index (Phi) is 5.28. The Bertz CT molecular complexity index is 811. The first-order chi connectivity index (χ1) is 11.8. The summed E-state index contributed by atoms with van der Waals surface area (Å²) in [5.74, 6) is -2.43. The summed E-state index contributed by atoms with van der Waals surface area (Å²) < 4.78 is 5.32. The Hall–Kier alpha value is -3.07. The van der Waals surface area contributed by atoms with Gasteiger partial charge in [0, 0.05) is 11.4 Å². The van der Waals surface area contributed by atoms with Gasteiger partial charge in [-0.15, -0.1) is 0 Å². The highest BCUT2D eigenvalue weighted by Crippen LogP contribution is 2.38. The van der Waals surface area contributed by atoms with Crippen molar-refractivity contribution in [1.29, 1.82) is 5.26 Å². The van der Waals surface area contributed by atoms with Gasteiger partial charge in [0.2, 0.25) is 0 Å². The minimum Gasteiger partial charge on any atom is -0.478 e. The fraction of sp³-hybridized carbons (Fsp3) is 0.316. The number of carbonyl (C=O) groups is 2. The molecule has 1 aliphatic rings. The van der Waals surface area contributed by atoms with Crippen molar-refractivity contribution >= 4 is 11.9 Å². The summed E-state index contributed by atoms with van der Waals surface area (Å²) in [7, 11) is 0. The molecule has 0 bridgehead atoms. The van der Waals surface area contributed by atoms with Gasteiger partial charge < -0.3 is 15.2 Å². The molecule has 0 fully saturated rings. The lowest BCUT2D eigenvalue weighted by Crippen LogP contribution is -2.32. The van der Waals surface area contributed by atoms with Crippen LogP contribution >= 0.6 is 0 Å². The van der Waals surface area contributed by atoms with E-state index < -0.39 is 17.9 Å². The van der Waals surface area contributed by atoms with Crippen LogP contribution in [0.5, 0.6) is 0 Å². The minimum atomic E-state index is -1.11. The minimum absolute atomic E-state index is 0.0889. The first kappa shape index (κ1) is 18.3. The molecular formula is C19H20N2O4. The molecule has 1 atom stereocenters. The van der Waals surface area contributed by atoms with Crippen LogP contribution < -0.4 is 5.32 Å². The number of nitrogens with one attached hydrogen (secondary N) is 1. The van der Waals surface area contributed by atoms with Gasteiger partial charge in [0.15, 0.2) is 0 Å². The average Bonchev–Trinajstić information content (AvgIpc) is 2.52. The summed E-state index contributed by atoms with van der Waals surface area (Å²) in [6.07, 6.45) is -0.324. The second-order valence-corrected chi connectivity index (χ2v) is 6.13. The predicted octanol–water partition coefficient (Wildman–Crippen LogP) is 2.83. The van der Waals surface area contributed by atoms with Gasteiger partial charge in [0.1, 0.15) is 0 Å². The molecule has 0 aliphatic carbocycles. The number of esters is 1. The molecule has 1 aliphatic heterocycles. The van der Waals surface area contributed by atoms with E-state index in [0.29, 0.717) is 22.5 Å². The van der Waals surface area contributed by atoms with Crippen LogP contribution in [0.15, 0.2) is 46.8 Å². The van der Waals surface area contributed by atoms with Crippen LogP contribution in [-0.4, -0.2) is 23.1 Å². The molecule has 6 nitrogen and oxygen atoms in total. The molecule has 2 rings (SSSR count). The molecule has 0 aromatic heterocycles. The van der Waals surface area contributed by atoms with Crippen LogP contribution in [0.25, 0.3) is 0 Å². The number of aliphatic carboxylic acids is 1. The van der Waals surface area contributed by atoms with Crippen molar-refractivity contribution in [2.24, 2.45) is 0 Å². The molecule has 1 aromatic rings. The molecule has 1 unspecified atom stereocenters. The van der Waals surface area contributed by atoms with Crippen LogP contribution in [0.2, 0.25) is 0 Å². The highest BCUT2D eigenvalue weighted by atomic mass is 16.5. The summed E-state index contributed by atoms with van der Waals surface area (Å²) in [6, 6.07) is 8.57. The van der Waals surface area contributed by atoms with Crippen LogP contribution in [0.1, 0.15) is 44.7 Å². The zero-order valence-corrected chi connectivity index (χ0v) is 14.6. The van der Waals surface area contributed by atoms with Crippen molar-refractivity contribution in [3.63, 3.8) is 0 Å². The highest BCUT2D eigenvalue weighted by molar-refractivity contribution is 5.99. The van der Waals surface area contributed by atoms with Crippen molar-refractivity contribution in [3.05, 3.63) is 57.9 Å². The Balaban J connectivity index is 2.62. The number of nitriles is 1. The van der Waals surface area contributed by atoms with Gasteiger partial charge in [-0.3, -0.25) is 0 Å². The third kappa shape index (κ3) is 3.72. The maximum absolute atomic E-state index is 12.6. The molecule has 6 heteroatoms. The molecule has 130 valence electrons. The summed E-state index contributed by atoms with van der Waals surface area (Å²) >= 11 is 0. The number of hydrogen-bond donors (Lipinski definition) is 2. The van der Waals surface area contributed by atoms with Gasteiger partial charge in [-0.05, 0) is 45.4 Å². The molecule has 2 N–H and O–H groups in total. The Morgan fingerprint density at radius 3 is 2.20 bits per heavy atom. The lowest BCUT2D eigenvalue weighted by atomic mass is 9.80. The van der Waals surface area contributed by atoms with Gasteiger partial charge in [0.25, 0.3) is 0 Å². The Labute approximate surface area is 146 Å². The van der Waals surface area contributed by atoms with Crippen LogP contribution in [0, 0.1) is 11.3 Å². The smallest absolute Gasteiger partial charge is 0.337 e. The lowest BCUT2D eigenvalue weighted by Gasteiger charge is -2.30. The quantitative estimate of drug-likeness (QED) is 0.818. The predicted molar refractivity (Wildman–Crippen MR) is 91.3 cm³/mol. The van der Waals surface area contributed by atoms with Gasteiger partial charge in [-0.25, -0.2) is 9.59 Å². The maximum atomic E-state index is 12.6. The van der Waals surface area contributed by atoms with Crippen molar-refractivity contribution in [1.82, 2.24) is 5.32 Å².